The number of anilines is 2. The maximum atomic E-state index is 5.90. The first-order valence-corrected chi connectivity index (χ1v) is 16.6. The normalized spacial score (nSPS) is 14.6. The zero-order chi connectivity index (χ0) is 33.2. The van der Waals surface area contributed by atoms with Crippen molar-refractivity contribution in [2.24, 2.45) is 11.5 Å². The summed E-state index contributed by atoms with van der Waals surface area (Å²) in [5.74, 6) is 0. The summed E-state index contributed by atoms with van der Waals surface area (Å²) in [6.45, 7) is 24.9. The van der Waals surface area contributed by atoms with Crippen LogP contribution in [-0.4, -0.2) is 47.1 Å². The van der Waals surface area contributed by atoms with Gasteiger partial charge in [0.05, 0.1) is 0 Å². The topological polar surface area (TPSA) is 112 Å². The largest absolute Gasteiger partial charge is 0.384 e. The third-order valence-corrected chi connectivity index (χ3v) is 8.68. The van der Waals surface area contributed by atoms with Gasteiger partial charge in [-0.25, -0.2) is 0 Å². The molecule has 0 spiro atoms. The van der Waals surface area contributed by atoms with Crippen molar-refractivity contribution in [1.82, 2.24) is 15.4 Å². The van der Waals surface area contributed by atoms with Crippen LogP contribution in [0.2, 0.25) is 0 Å². The summed E-state index contributed by atoms with van der Waals surface area (Å²) in [6, 6.07) is 20.5. The van der Waals surface area contributed by atoms with Crippen molar-refractivity contribution >= 4 is 48.7 Å². The highest BCUT2D eigenvalue weighted by atomic mass is 15.1. The molecule has 0 aromatic heterocycles. The van der Waals surface area contributed by atoms with Crippen molar-refractivity contribution < 1.29 is 0 Å². The quantitative estimate of drug-likeness (QED) is 0.188. The summed E-state index contributed by atoms with van der Waals surface area (Å²) in [7, 11) is 0. The molecule has 0 bridgehead atoms. The van der Waals surface area contributed by atoms with E-state index in [4.69, 9.17) is 11.5 Å². The van der Waals surface area contributed by atoms with Crippen LogP contribution in [0.1, 0.15) is 84.6 Å². The third kappa shape index (κ3) is 8.54. The summed E-state index contributed by atoms with van der Waals surface area (Å²) in [4.78, 5) is 0. The molecule has 0 saturated carbocycles. The Morgan fingerprint density at radius 1 is 0.533 bits per heavy atom. The van der Waals surface area contributed by atoms with Crippen molar-refractivity contribution in [2.45, 2.75) is 85.5 Å². The molecule has 0 unspecified atom stereocenters. The average Bonchev–Trinajstić information content (AvgIpc) is 2.96. The molecule has 240 valence electrons. The highest BCUT2D eigenvalue weighted by Crippen LogP contribution is 2.30. The minimum Gasteiger partial charge on any atom is -0.384 e. The minimum absolute atomic E-state index is 0.00354. The number of aryl methyl sites for hydroxylation is 1. The Morgan fingerprint density at radius 3 is 1.18 bits per heavy atom. The van der Waals surface area contributed by atoms with Gasteiger partial charge in [-0.15, -0.1) is 0 Å². The van der Waals surface area contributed by atoms with Crippen LogP contribution in [0.4, 0.5) is 11.4 Å². The second-order valence-corrected chi connectivity index (χ2v) is 15.7. The molecular formula is C35H56B3N7. The predicted molar refractivity (Wildman–Crippen MR) is 201 cm³/mol. The Bertz CT molecular complexity index is 1380. The molecule has 1 aliphatic rings. The van der Waals surface area contributed by atoms with Crippen LogP contribution in [0.5, 0.6) is 0 Å². The van der Waals surface area contributed by atoms with E-state index in [9.17, 15) is 0 Å². The average molecular weight is 607 g/mol. The maximum Gasteiger partial charge on any atom is 0.320 e. The van der Waals surface area contributed by atoms with E-state index in [1.54, 1.807) is 0 Å². The van der Waals surface area contributed by atoms with Crippen LogP contribution in [-0.2, 0) is 16.2 Å². The van der Waals surface area contributed by atoms with E-state index in [0.717, 1.165) is 24.5 Å². The van der Waals surface area contributed by atoms with Gasteiger partial charge in [0.2, 0.25) is 0 Å². The minimum atomic E-state index is -0.0981. The Kier molecular flexibility index (Phi) is 10.9. The van der Waals surface area contributed by atoms with Gasteiger partial charge in [-0.1, -0.05) is 105 Å². The van der Waals surface area contributed by atoms with Crippen LogP contribution in [0, 0.1) is 6.92 Å². The van der Waals surface area contributed by atoms with Crippen LogP contribution >= 0.6 is 0 Å². The lowest BCUT2D eigenvalue weighted by atomic mass is 9.43. The molecule has 0 atom stereocenters. The fourth-order valence-electron chi connectivity index (χ4n) is 6.43. The molecule has 7 nitrogen and oxygen atoms in total. The Labute approximate surface area is 274 Å². The summed E-state index contributed by atoms with van der Waals surface area (Å²) >= 11 is 0. The van der Waals surface area contributed by atoms with Crippen molar-refractivity contribution in [2.75, 3.05) is 36.8 Å². The van der Waals surface area contributed by atoms with Gasteiger partial charge in [-0.2, -0.15) is 0 Å². The Balaban J connectivity index is 1.79. The van der Waals surface area contributed by atoms with Crippen molar-refractivity contribution in [3.63, 3.8) is 0 Å². The lowest BCUT2D eigenvalue weighted by Crippen LogP contribution is -2.83. The van der Waals surface area contributed by atoms with Gasteiger partial charge in [0.25, 0.3) is 0 Å². The van der Waals surface area contributed by atoms with Crippen LogP contribution in [0.25, 0.3) is 0 Å². The Morgan fingerprint density at radius 2 is 0.867 bits per heavy atom. The number of nitrogens with two attached hydrogens (primary N) is 2. The number of hydrogen-bond donors (Lipinski definition) is 7. The summed E-state index contributed by atoms with van der Waals surface area (Å²) in [6.07, 6.45) is 0. The summed E-state index contributed by atoms with van der Waals surface area (Å²) < 4.78 is 0. The number of nitrogens with one attached hydrogen (secondary N) is 5. The van der Waals surface area contributed by atoms with E-state index in [0.29, 0.717) is 13.1 Å². The molecular weight excluding hydrogens is 551 g/mol. The first-order chi connectivity index (χ1) is 21.0. The monoisotopic (exact) mass is 607 g/mol. The van der Waals surface area contributed by atoms with Gasteiger partial charge in [0, 0.05) is 37.6 Å². The highest BCUT2D eigenvalue weighted by molar-refractivity contribution is 6.99. The summed E-state index contributed by atoms with van der Waals surface area (Å²) in [5, 5.41) is 18.9. The zero-order valence-electron chi connectivity index (χ0n) is 29.4. The molecule has 3 aromatic carbocycles. The summed E-state index contributed by atoms with van der Waals surface area (Å²) in [5.41, 5.74) is 23.0. The van der Waals surface area contributed by atoms with E-state index >= 15 is 0 Å². The van der Waals surface area contributed by atoms with E-state index < -0.39 is 0 Å². The van der Waals surface area contributed by atoms with Gasteiger partial charge in [-0.3, -0.25) is 0 Å². The van der Waals surface area contributed by atoms with Crippen LogP contribution < -0.4 is 53.9 Å². The fourth-order valence-corrected chi connectivity index (χ4v) is 6.43. The van der Waals surface area contributed by atoms with E-state index in [1.807, 2.05) is 0 Å². The molecule has 10 heteroatoms. The van der Waals surface area contributed by atoms with Crippen LogP contribution in [0.15, 0.2) is 54.6 Å². The molecule has 1 aliphatic heterocycles. The van der Waals surface area contributed by atoms with Gasteiger partial charge >= 0.3 is 20.9 Å². The number of rotatable bonds is 9. The Hall–Kier alpha value is -2.75. The molecule has 4 rings (SSSR count). The smallest absolute Gasteiger partial charge is 0.320 e. The maximum absolute atomic E-state index is 5.90. The molecule has 1 saturated heterocycles. The van der Waals surface area contributed by atoms with E-state index in [1.165, 1.54) is 38.6 Å². The number of benzene rings is 3. The second kappa shape index (κ2) is 13.9. The lowest BCUT2D eigenvalue weighted by molar-refractivity contribution is 0.586. The molecule has 1 fully saturated rings. The zero-order valence-corrected chi connectivity index (χ0v) is 29.4. The van der Waals surface area contributed by atoms with Crippen molar-refractivity contribution in [3.05, 3.63) is 76.9 Å². The first-order valence-electron chi connectivity index (χ1n) is 16.6. The fraction of sp³-hybridized carbons (Fsp3) is 0.486. The molecule has 3 aromatic rings. The van der Waals surface area contributed by atoms with Gasteiger partial charge in [0.1, 0.15) is 0 Å². The highest BCUT2D eigenvalue weighted by Gasteiger charge is 2.39. The van der Waals surface area contributed by atoms with E-state index in [-0.39, 0.29) is 37.2 Å². The molecule has 0 radical (unpaired) electrons. The van der Waals surface area contributed by atoms with Crippen molar-refractivity contribution in [3.8, 4) is 0 Å². The standard InChI is InChI=1S/C35H56B3N7/c1-24-21-25(11-14-28(24)33(2,3)4)36-43-37(26-12-15-29(34(5,6)7)31(22-26)41-19-17-39)45-38(44-36)27-13-16-30(35(8,9)10)32(23-27)42-20-18-40/h11-16,21-23,41-45H,17-20,39-40H2,1-10H3. The van der Waals surface area contributed by atoms with E-state index in [2.05, 4.69) is 150 Å². The first kappa shape index (κ1) is 35.1. The molecule has 0 amide bonds. The van der Waals surface area contributed by atoms with Crippen LogP contribution in [0.3, 0.4) is 0 Å². The second-order valence-electron chi connectivity index (χ2n) is 15.7. The van der Waals surface area contributed by atoms with Gasteiger partial charge in [0.15, 0.2) is 0 Å². The number of hydrogen-bond acceptors (Lipinski definition) is 7. The SMILES string of the molecule is Cc1cc(B2NB(c3ccc(C(C)(C)C)c(NCCN)c3)NB(c3ccc(C(C)(C)C)c(NCCN)c3)N2)ccc1C(C)(C)C. The molecule has 0 aliphatic carbocycles. The molecule has 1 heterocycles. The lowest BCUT2D eigenvalue weighted by Gasteiger charge is -2.35. The molecule has 9 N–H and O–H groups in total. The predicted octanol–water partition coefficient (Wildman–Crippen LogP) is 2.90. The van der Waals surface area contributed by atoms with Gasteiger partial charge in [-0.05, 0) is 73.9 Å². The van der Waals surface area contributed by atoms with Crippen molar-refractivity contribution in [1.29, 1.82) is 0 Å². The van der Waals surface area contributed by atoms with Gasteiger partial charge < -0.3 is 37.5 Å². The third-order valence-electron chi connectivity index (χ3n) is 8.68. The molecule has 45 heavy (non-hydrogen) atoms.